The molecule has 0 atom stereocenters. The summed E-state index contributed by atoms with van der Waals surface area (Å²) in [6.45, 7) is 3.85. The summed E-state index contributed by atoms with van der Waals surface area (Å²) in [5.74, 6) is 2.46. The van der Waals surface area contributed by atoms with Crippen LogP contribution in [-0.2, 0) is 15.9 Å². The molecule has 1 aromatic carbocycles. The first kappa shape index (κ1) is 17.5. The Morgan fingerprint density at radius 3 is 2.04 bits per heavy atom. The van der Waals surface area contributed by atoms with Gasteiger partial charge in [-0.25, -0.2) is 0 Å². The quantitative estimate of drug-likeness (QED) is 0.683. The molecule has 0 bridgehead atoms. The second kappa shape index (κ2) is 7.80. The van der Waals surface area contributed by atoms with Gasteiger partial charge in [-0.2, -0.15) is 0 Å². The average molecular weight is 343 g/mol. The lowest BCUT2D eigenvalue weighted by Crippen LogP contribution is -2.37. The van der Waals surface area contributed by atoms with Crippen LogP contribution in [0.1, 0.15) is 81.8 Å². The minimum atomic E-state index is -0.187. The number of benzene rings is 1. The molecule has 2 aliphatic carbocycles. The molecule has 25 heavy (non-hydrogen) atoms. The predicted molar refractivity (Wildman–Crippen MR) is 102 cm³/mol. The van der Waals surface area contributed by atoms with Crippen molar-refractivity contribution in [3.8, 4) is 0 Å². The first-order valence-corrected chi connectivity index (χ1v) is 10.6. The highest BCUT2D eigenvalue weighted by molar-refractivity contribution is 5.26. The molecule has 2 nitrogen and oxygen atoms in total. The summed E-state index contributed by atoms with van der Waals surface area (Å²) in [5.41, 5.74) is 3.07. The minimum Gasteiger partial charge on any atom is -0.348 e. The van der Waals surface area contributed by atoms with Crippen molar-refractivity contribution in [2.24, 2.45) is 11.8 Å². The molecule has 1 aliphatic heterocycles. The highest BCUT2D eigenvalue weighted by atomic mass is 16.7. The Morgan fingerprint density at radius 1 is 0.840 bits per heavy atom. The summed E-state index contributed by atoms with van der Waals surface area (Å²) in [7, 11) is 0. The molecule has 2 saturated carbocycles. The zero-order chi connectivity index (χ0) is 17.1. The van der Waals surface area contributed by atoms with Crippen LogP contribution in [0.15, 0.2) is 24.3 Å². The molecule has 0 N–H and O–H groups in total. The Labute approximate surface area is 153 Å². The SMILES string of the molecule is CCCc1ccc(C2CCC(C3CCC4(CC3)OCCO4)CC2)cc1. The predicted octanol–water partition coefficient (Wildman–Crippen LogP) is 5.85. The zero-order valence-electron chi connectivity index (χ0n) is 15.8. The van der Waals surface area contributed by atoms with Crippen molar-refractivity contribution in [1.82, 2.24) is 0 Å². The number of hydrogen-bond donors (Lipinski definition) is 0. The molecular weight excluding hydrogens is 308 g/mol. The van der Waals surface area contributed by atoms with Gasteiger partial charge >= 0.3 is 0 Å². The third-order valence-electron chi connectivity index (χ3n) is 7.03. The lowest BCUT2D eigenvalue weighted by atomic mass is 9.69. The molecule has 1 spiro atoms. The summed E-state index contributed by atoms with van der Waals surface area (Å²) in [5, 5.41) is 0. The Hall–Kier alpha value is -0.860. The van der Waals surface area contributed by atoms with Gasteiger partial charge in [0.15, 0.2) is 5.79 Å². The van der Waals surface area contributed by atoms with E-state index in [2.05, 4.69) is 31.2 Å². The molecular formula is C23H34O2. The van der Waals surface area contributed by atoms with Crippen molar-refractivity contribution < 1.29 is 9.47 Å². The van der Waals surface area contributed by atoms with Crippen molar-refractivity contribution in [2.75, 3.05) is 13.2 Å². The highest BCUT2D eigenvalue weighted by Gasteiger charge is 2.42. The normalized spacial score (nSPS) is 30.0. The van der Waals surface area contributed by atoms with Crippen LogP contribution in [0, 0.1) is 11.8 Å². The van der Waals surface area contributed by atoms with E-state index in [-0.39, 0.29) is 5.79 Å². The van der Waals surface area contributed by atoms with Gasteiger partial charge in [0.1, 0.15) is 0 Å². The number of ether oxygens (including phenoxy) is 2. The molecule has 3 aliphatic rings. The molecule has 3 fully saturated rings. The van der Waals surface area contributed by atoms with Crippen molar-refractivity contribution in [3.05, 3.63) is 35.4 Å². The summed E-state index contributed by atoms with van der Waals surface area (Å²) in [6, 6.07) is 9.50. The van der Waals surface area contributed by atoms with Gasteiger partial charge in [0.25, 0.3) is 0 Å². The van der Waals surface area contributed by atoms with E-state index in [0.717, 1.165) is 43.8 Å². The van der Waals surface area contributed by atoms with E-state index < -0.39 is 0 Å². The standard InChI is InChI=1S/C23H34O2/c1-2-3-18-4-6-19(7-5-18)20-8-10-21(11-9-20)22-12-14-23(15-13-22)24-16-17-25-23/h4-7,20-22H,2-3,8-17H2,1H3. The van der Waals surface area contributed by atoms with E-state index in [0.29, 0.717) is 0 Å². The van der Waals surface area contributed by atoms with Crippen LogP contribution in [0.2, 0.25) is 0 Å². The monoisotopic (exact) mass is 342 g/mol. The van der Waals surface area contributed by atoms with Crippen LogP contribution in [-0.4, -0.2) is 19.0 Å². The molecule has 0 amide bonds. The first-order chi connectivity index (χ1) is 12.3. The zero-order valence-corrected chi connectivity index (χ0v) is 15.8. The molecule has 0 unspecified atom stereocenters. The average Bonchev–Trinajstić information content (AvgIpc) is 3.12. The Kier molecular flexibility index (Phi) is 5.47. The molecule has 1 aromatic rings. The molecule has 1 saturated heterocycles. The Bertz CT molecular complexity index is 526. The topological polar surface area (TPSA) is 18.5 Å². The molecule has 1 heterocycles. The van der Waals surface area contributed by atoms with Gasteiger partial charge in [-0.05, 0) is 73.8 Å². The van der Waals surface area contributed by atoms with Gasteiger partial charge in [-0.15, -0.1) is 0 Å². The van der Waals surface area contributed by atoms with E-state index in [9.17, 15) is 0 Å². The van der Waals surface area contributed by atoms with Crippen LogP contribution < -0.4 is 0 Å². The van der Waals surface area contributed by atoms with E-state index >= 15 is 0 Å². The molecule has 4 rings (SSSR count). The summed E-state index contributed by atoms with van der Waals surface area (Å²) >= 11 is 0. The van der Waals surface area contributed by atoms with Crippen LogP contribution in [0.25, 0.3) is 0 Å². The van der Waals surface area contributed by atoms with E-state index in [1.165, 1.54) is 56.9 Å². The third-order valence-corrected chi connectivity index (χ3v) is 7.03. The van der Waals surface area contributed by atoms with E-state index in [1.807, 2.05) is 0 Å². The summed E-state index contributed by atoms with van der Waals surface area (Å²) in [4.78, 5) is 0. The van der Waals surface area contributed by atoms with Crippen molar-refractivity contribution in [3.63, 3.8) is 0 Å². The van der Waals surface area contributed by atoms with Gasteiger partial charge in [-0.3, -0.25) is 0 Å². The number of aryl methyl sites for hydroxylation is 1. The van der Waals surface area contributed by atoms with Gasteiger partial charge in [0, 0.05) is 12.8 Å². The highest BCUT2D eigenvalue weighted by Crippen LogP contribution is 2.46. The van der Waals surface area contributed by atoms with Crippen LogP contribution in [0.5, 0.6) is 0 Å². The maximum atomic E-state index is 5.90. The second-order valence-corrected chi connectivity index (χ2v) is 8.55. The fourth-order valence-corrected chi connectivity index (χ4v) is 5.51. The molecule has 138 valence electrons. The number of rotatable bonds is 4. The van der Waals surface area contributed by atoms with Crippen molar-refractivity contribution in [2.45, 2.75) is 82.8 Å². The minimum absolute atomic E-state index is 0.187. The fourth-order valence-electron chi connectivity index (χ4n) is 5.51. The molecule has 0 aromatic heterocycles. The Balaban J connectivity index is 1.27. The summed E-state index contributed by atoms with van der Waals surface area (Å²) in [6.07, 6.45) is 12.9. The molecule has 2 heteroatoms. The van der Waals surface area contributed by atoms with Gasteiger partial charge in [0.05, 0.1) is 13.2 Å². The van der Waals surface area contributed by atoms with Crippen molar-refractivity contribution >= 4 is 0 Å². The lowest BCUT2D eigenvalue weighted by molar-refractivity contribution is -0.185. The van der Waals surface area contributed by atoms with Crippen molar-refractivity contribution in [1.29, 1.82) is 0 Å². The van der Waals surface area contributed by atoms with Crippen LogP contribution >= 0.6 is 0 Å². The maximum Gasteiger partial charge on any atom is 0.168 e. The largest absolute Gasteiger partial charge is 0.348 e. The van der Waals surface area contributed by atoms with E-state index in [1.54, 1.807) is 5.56 Å². The fraction of sp³-hybridized carbons (Fsp3) is 0.739. The maximum absolute atomic E-state index is 5.90. The summed E-state index contributed by atoms with van der Waals surface area (Å²) < 4.78 is 11.8. The van der Waals surface area contributed by atoms with Gasteiger partial charge in [-0.1, -0.05) is 37.6 Å². The lowest BCUT2D eigenvalue weighted by Gasteiger charge is -2.41. The Morgan fingerprint density at radius 2 is 1.44 bits per heavy atom. The smallest absolute Gasteiger partial charge is 0.168 e. The molecule has 0 radical (unpaired) electrons. The third kappa shape index (κ3) is 3.95. The second-order valence-electron chi connectivity index (χ2n) is 8.55. The number of hydrogen-bond acceptors (Lipinski definition) is 2. The van der Waals surface area contributed by atoms with Gasteiger partial charge in [0.2, 0.25) is 0 Å². The van der Waals surface area contributed by atoms with Gasteiger partial charge < -0.3 is 9.47 Å². The van der Waals surface area contributed by atoms with E-state index in [4.69, 9.17) is 9.47 Å². The first-order valence-electron chi connectivity index (χ1n) is 10.6. The van der Waals surface area contributed by atoms with Crippen LogP contribution in [0.3, 0.4) is 0 Å². The van der Waals surface area contributed by atoms with Crippen LogP contribution in [0.4, 0.5) is 0 Å².